The molecule has 92 valence electrons. The smallest absolute Gasteiger partial charge is 0.189 e. The van der Waals surface area contributed by atoms with Crippen molar-refractivity contribution in [2.24, 2.45) is 0 Å². The average Bonchev–Trinajstić information content (AvgIpc) is 2.39. The van der Waals surface area contributed by atoms with Gasteiger partial charge in [-0.2, -0.15) is 0 Å². The molecule has 0 bridgehead atoms. The van der Waals surface area contributed by atoms with Gasteiger partial charge in [-0.05, 0) is 29.9 Å². The van der Waals surface area contributed by atoms with Gasteiger partial charge in [0.1, 0.15) is 5.76 Å². The van der Waals surface area contributed by atoms with Crippen molar-refractivity contribution < 1.29 is 9.53 Å². The summed E-state index contributed by atoms with van der Waals surface area (Å²) in [5.41, 5.74) is 1.72. The fourth-order valence-electron chi connectivity index (χ4n) is 1.59. The Morgan fingerprint density at radius 2 is 1.83 bits per heavy atom. The molecule has 18 heavy (non-hydrogen) atoms. The monoisotopic (exact) mass is 241 g/mol. The highest BCUT2D eigenvalue weighted by Crippen LogP contribution is 2.14. The molecular formula is C15H15NO2. The van der Waals surface area contributed by atoms with E-state index in [2.05, 4.69) is 0 Å². The predicted octanol–water partition coefficient (Wildman–Crippen LogP) is 2.48. The van der Waals surface area contributed by atoms with Gasteiger partial charge in [-0.15, -0.1) is 0 Å². The van der Waals surface area contributed by atoms with Crippen LogP contribution in [0.2, 0.25) is 0 Å². The van der Waals surface area contributed by atoms with Gasteiger partial charge in [-0.25, -0.2) is 0 Å². The van der Waals surface area contributed by atoms with E-state index < -0.39 is 0 Å². The summed E-state index contributed by atoms with van der Waals surface area (Å²) in [4.78, 5) is 13.7. The van der Waals surface area contributed by atoms with Crippen molar-refractivity contribution >= 4 is 5.78 Å². The van der Waals surface area contributed by atoms with Crippen molar-refractivity contribution in [2.75, 3.05) is 14.2 Å². The second-order valence-corrected chi connectivity index (χ2v) is 4.03. The summed E-state index contributed by atoms with van der Waals surface area (Å²) in [6, 6.07) is 0. The minimum Gasteiger partial charge on any atom is -0.497 e. The van der Waals surface area contributed by atoms with E-state index in [9.17, 15) is 4.79 Å². The van der Waals surface area contributed by atoms with E-state index in [0.29, 0.717) is 11.3 Å². The standard InChI is InChI=1S/C15H15NO2/c1-16-9-7-12(8-10-16)3-4-13-5-6-14(18-2)11-15(13)17/h3-11H,1-2H3/b13-4-. The van der Waals surface area contributed by atoms with Crippen LogP contribution in [0.5, 0.6) is 0 Å². The zero-order valence-electron chi connectivity index (χ0n) is 10.5. The molecule has 0 atom stereocenters. The second kappa shape index (κ2) is 5.36. The molecule has 0 N–H and O–H groups in total. The minimum absolute atomic E-state index is 0.0351. The first-order chi connectivity index (χ1) is 8.69. The fraction of sp³-hybridized carbons (Fsp3) is 0.133. The maximum Gasteiger partial charge on any atom is 0.189 e. The summed E-state index contributed by atoms with van der Waals surface area (Å²) in [5.74, 6) is 0.552. The van der Waals surface area contributed by atoms with E-state index in [1.54, 1.807) is 19.3 Å². The van der Waals surface area contributed by atoms with Gasteiger partial charge in [0.25, 0.3) is 0 Å². The van der Waals surface area contributed by atoms with Crippen LogP contribution in [0.15, 0.2) is 71.8 Å². The van der Waals surface area contributed by atoms with Crippen LogP contribution in [0.25, 0.3) is 0 Å². The zero-order chi connectivity index (χ0) is 13.0. The lowest BCUT2D eigenvalue weighted by atomic mass is 10.0. The first-order valence-electron chi connectivity index (χ1n) is 5.67. The number of rotatable bonds is 2. The molecular weight excluding hydrogens is 226 g/mol. The molecule has 0 radical (unpaired) electrons. The Balaban J connectivity index is 2.13. The summed E-state index contributed by atoms with van der Waals surface area (Å²) in [6.07, 6.45) is 16.7. The van der Waals surface area contributed by atoms with E-state index in [1.807, 2.05) is 48.7 Å². The Labute approximate surface area is 107 Å². The molecule has 2 aliphatic rings. The quantitative estimate of drug-likeness (QED) is 0.696. The van der Waals surface area contributed by atoms with Crippen LogP contribution in [0.1, 0.15) is 0 Å². The average molecular weight is 241 g/mol. The van der Waals surface area contributed by atoms with E-state index in [0.717, 1.165) is 5.57 Å². The molecule has 1 aliphatic carbocycles. The number of hydrogen-bond acceptors (Lipinski definition) is 3. The third-order valence-corrected chi connectivity index (χ3v) is 2.68. The number of hydrogen-bond donors (Lipinski definition) is 0. The molecule has 3 nitrogen and oxygen atoms in total. The lowest BCUT2D eigenvalue weighted by Crippen LogP contribution is -2.04. The van der Waals surface area contributed by atoms with Gasteiger partial charge in [0.2, 0.25) is 0 Å². The molecule has 3 heteroatoms. The Morgan fingerprint density at radius 3 is 2.44 bits per heavy atom. The number of carbonyl (C=O) groups excluding carboxylic acids is 1. The van der Waals surface area contributed by atoms with E-state index in [1.165, 1.54) is 6.08 Å². The van der Waals surface area contributed by atoms with Crippen molar-refractivity contribution in [3.63, 3.8) is 0 Å². The highest BCUT2D eigenvalue weighted by Gasteiger charge is 2.09. The molecule has 0 unspecified atom stereocenters. The maximum absolute atomic E-state index is 11.7. The van der Waals surface area contributed by atoms with Crippen LogP contribution in [0, 0.1) is 0 Å². The van der Waals surface area contributed by atoms with Gasteiger partial charge in [-0.1, -0.05) is 12.2 Å². The summed E-state index contributed by atoms with van der Waals surface area (Å²) in [5, 5.41) is 0. The van der Waals surface area contributed by atoms with Gasteiger partial charge in [0, 0.05) is 31.1 Å². The van der Waals surface area contributed by atoms with Crippen molar-refractivity contribution in [2.45, 2.75) is 0 Å². The Bertz CT molecular complexity index is 515. The predicted molar refractivity (Wildman–Crippen MR) is 71.4 cm³/mol. The van der Waals surface area contributed by atoms with Crippen LogP contribution in [0.4, 0.5) is 0 Å². The van der Waals surface area contributed by atoms with Gasteiger partial charge >= 0.3 is 0 Å². The first-order valence-corrected chi connectivity index (χ1v) is 5.67. The minimum atomic E-state index is -0.0351. The van der Waals surface area contributed by atoms with E-state index >= 15 is 0 Å². The summed E-state index contributed by atoms with van der Waals surface area (Å²) in [7, 11) is 3.51. The summed E-state index contributed by atoms with van der Waals surface area (Å²) < 4.78 is 5.00. The molecule has 0 aromatic carbocycles. The van der Waals surface area contributed by atoms with E-state index in [4.69, 9.17) is 4.74 Å². The Morgan fingerprint density at radius 1 is 1.11 bits per heavy atom. The van der Waals surface area contributed by atoms with E-state index in [-0.39, 0.29) is 5.78 Å². The molecule has 1 aliphatic heterocycles. The maximum atomic E-state index is 11.7. The van der Waals surface area contributed by atoms with Crippen LogP contribution < -0.4 is 0 Å². The summed E-state index contributed by atoms with van der Waals surface area (Å²) >= 11 is 0. The highest BCUT2D eigenvalue weighted by atomic mass is 16.5. The van der Waals surface area contributed by atoms with Crippen molar-refractivity contribution in [3.05, 3.63) is 71.8 Å². The Hall–Kier alpha value is -2.29. The number of carbonyl (C=O) groups is 1. The largest absolute Gasteiger partial charge is 0.497 e. The number of ether oxygens (including phenoxy) is 1. The van der Waals surface area contributed by atoms with Crippen LogP contribution >= 0.6 is 0 Å². The number of allylic oxidation sites excluding steroid dienone is 9. The van der Waals surface area contributed by atoms with Gasteiger partial charge in [-0.3, -0.25) is 4.79 Å². The topological polar surface area (TPSA) is 29.5 Å². The molecule has 1 heterocycles. The highest BCUT2D eigenvalue weighted by molar-refractivity contribution is 6.08. The lowest BCUT2D eigenvalue weighted by molar-refractivity contribution is -0.111. The molecule has 2 rings (SSSR count). The third-order valence-electron chi connectivity index (χ3n) is 2.68. The summed E-state index contributed by atoms with van der Waals surface area (Å²) in [6.45, 7) is 0. The van der Waals surface area contributed by atoms with Crippen LogP contribution in [-0.2, 0) is 9.53 Å². The molecule has 0 saturated carbocycles. The third kappa shape index (κ3) is 2.88. The molecule has 0 fully saturated rings. The Kier molecular flexibility index (Phi) is 3.63. The molecule has 0 amide bonds. The van der Waals surface area contributed by atoms with Crippen molar-refractivity contribution in [1.29, 1.82) is 0 Å². The molecule has 0 saturated heterocycles. The second-order valence-electron chi connectivity index (χ2n) is 4.03. The molecule has 0 aromatic rings. The normalized spacial score (nSPS) is 20.4. The van der Waals surface area contributed by atoms with Gasteiger partial charge in [0.05, 0.1) is 7.11 Å². The SMILES string of the molecule is COC1=CC(=O)/C(=C\C=C2C=CN(C)C=C2)C=C1. The van der Waals surface area contributed by atoms with Crippen LogP contribution in [0.3, 0.4) is 0 Å². The fourth-order valence-corrected chi connectivity index (χ4v) is 1.59. The zero-order valence-corrected chi connectivity index (χ0v) is 10.5. The van der Waals surface area contributed by atoms with Gasteiger partial charge in [0.15, 0.2) is 5.78 Å². The number of nitrogens with zero attached hydrogens (tertiary/aromatic N) is 1. The van der Waals surface area contributed by atoms with Crippen molar-refractivity contribution in [1.82, 2.24) is 4.90 Å². The van der Waals surface area contributed by atoms with Gasteiger partial charge < -0.3 is 9.64 Å². The first kappa shape index (κ1) is 12.2. The van der Waals surface area contributed by atoms with Crippen LogP contribution in [-0.4, -0.2) is 24.8 Å². The molecule has 0 aromatic heterocycles. The van der Waals surface area contributed by atoms with Crippen molar-refractivity contribution in [3.8, 4) is 0 Å². The number of ketones is 1. The molecule has 0 spiro atoms. The number of methoxy groups -OCH3 is 1. The lowest BCUT2D eigenvalue weighted by Gasteiger charge is -2.11.